The molecule has 0 saturated carbocycles. The van der Waals surface area contributed by atoms with Gasteiger partial charge < -0.3 is 78.0 Å². The van der Waals surface area contributed by atoms with Gasteiger partial charge in [-0.2, -0.15) is 82.6 Å². The predicted molar refractivity (Wildman–Crippen MR) is 573 cm³/mol. The molecule has 3 aliphatic rings. The van der Waals surface area contributed by atoms with Crippen LogP contribution in [0, 0.1) is 39.5 Å². The van der Waals surface area contributed by atoms with Crippen molar-refractivity contribution in [3.63, 3.8) is 0 Å². The first-order valence-corrected chi connectivity index (χ1v) is 50.4. The molecule has 3 amide bonds. The lowest BCUT2D eigenvalue weighted by Crippen LogP contribution is -2.31. The van der Waals surface area contributed by atoms with Gasteiger partial charge in [-0.3, -0.25) is 38.0 Å². The van der Waals surface area contributed by atoms with Crippen molar-refractivity contribution in [1.82, 2.24) is 153 Å². The standard InChI is InChI=1S/C23H25N7O.C18H23N7O.C18H21N7.2C10H12BrN5O.C9H10BrN5O.C9H11BrN4O/c1-29-14-17(12-26-29)18-13-27-30-22(24)20(19(31)10-15-6-3-2-4-7-15)21(28-23(18)30)16-8-5-9-25-11-16;1-3-14(26)15-16(11-5-4-6-20-7-11)23-18-13(9-22-25(18)17(15)19)12-8-21-24(2)10-12;1-3-5-14-16(12-6-4-7-20-8-12)23-18-15(10-22-25(18)17(14)19)13-9-21-24(2)11-13;1-5-6(3-8(17)13-2)9(12)16-10(15-5)7(11)4-14-16;1-5-6(2-3-8(12)17)9(13)16-10(15-5)7(11)4-14-16;1-4-5(2-7(11)16)8(12)15-9(14-4)6(10)3-13-15;1-5-6(2-3-15)8(11)14-9(13-5)7(10)4-12-14/h2-4,6-7,12-14,16,25H,5,8-11,24H2,1H3;8-11,20H,3-7,19H2,1-2H3;9-12,20H,4,6-8,19H2,1-2H3;4H,3,12H2,1-2H3,(H,13,17);4H,2-3,13H2,1H3,(H2,12,17);3H,2,12H2,1H3,(H2,11,16);4,15H,2-3,11H2,1H3. The van der Waals surface area contributed by atoms with Crippen molar-refractivity contribution in [2.45, 2.75) is 143 Å². The molecule has 766 valence electrons. The third kappa shape index (κ3) is 23.2. The number of halogens is 4. The Morgan fingerprint density at radius 3 is 1.12 bits per heavy atom. The van der Waals surface area contributed by atoms with Gasteiger partial charge in [-0.15, -0.1) is 5.92 Å². The summed E-state index contributed by atoms with van der Waals surface area (Å²) in [5, 5.41) is 64.2. The van der Waals surface area contributed by atoms with Crippen molar-refractivity contribution in [3.05, 3.63) is 213 Å². The average Bonchev–Trinajstić information content (AvgIpc) is 1.64. The van der Waals surface area contributed by atoms with Gasteiger partial charge in [0.2, 0.25) is 17.7 Å². The molecule has 147 heavy (non-hydrogen) atoms. The Hall–Kier alpha value is -15.1. The van der Waals surface area contributed by atoms with Crippen molar-refractivity contribution in [2.24, 2.45) is 32.6 Å². The largest absolute Gasteiger partial charge is 0.396 e. The van der Waals surface area contributed by atoms with E-state index in [1.54, 1.807) is 106 Å². The number of nitrogens with two attached hydrogens (primary N) is 9. The van der Waals surface area contributed by atoms with Gasteiger partial charge in [0.25, 0.3) is 0 Å². The van der Waals surface area contributed by atoms with E-state index in [2.05, 4.69) is 168 Å². The summed E-state index contributed by atoms with van der Waals surface area (Å²) in [4.78, 5) is 91.5. The Kier molecular flexibility index (Phi) is 33.9. The fourth-order valence-corrected chi connectivity index (χ4v) is 19.2. The molecule has 46 nitrogen and oxygen atoms in total. The summed E-state index contributed by atoms with van der Waals surface area (Å²) in [5.41, 5.74) is 75.1. The van der Waals surface area contributed by atoms with Gasteiger partial charge in [0.15, 0.2) is 51.1 Å². The summed E-state index contributed by atoms with van der Waals surface area (Å²) in [5.74, 6) is 8.96. The van der Waals surface area contributed by atoms with Crippen LogP contribution in [0.1, 0.15) is 177 Å². The number of anilines is 7. The van der Waals surface area contributed by atoms with Crippen LogP contribution in [0.2, 0.25) is 0 Å². The fraction of sp³-hybridized carbons (Fsp3) is 0.340. The number of aromatic nitrogens is 27. The maximum atomic E-state index is 13.4. The van der Waals surface area contributed by atoms with E-state index in [0.29, 0.717) is 128 Å². The molecule has 0 aliphatic carbocycles. The zero-order chi connectivity index (χ0) is 105. The number of likely N-dealkylation sites (N-methyl/N-ethyl adjacent to an activating group) is 1. The molecule has 20 heterocycles. The Balaban J connectivity index is 0.000000131. The molecule has 21 rings (SSSR count). The van der Waals surface area contributed by atoms with E-state index in [4.69, 9.17) is 71.7 Å². The summed E-state index contributed by atoms with van der Waals surface area (Å²) in [6, 6.07) is 9.73. The predicted octanol–water partition coefficient (Wildman–Crippen LogP) is 8.73. The summed E-state index contributed by atoms with van der Waals surface area (Å²) in [6.07, 6.45) is 31.4. The third-order valence-electron chi connectivity index (χ3n) is 25.3. The topological polar surface area (TPSA) is 653 Å². The van der Waals surface area contributed by atoms with Gasteiger partial charge >= 0.3 is 0 Å². The van der Waals surface area contributed by atoms with Crippen LogP contribution in [0.15, 0.2) is 129 Å². The Labute approximate surface area is 875 Å². The molecule has 3 atom stereocenters. The number of piperidine rings is 3. The molecule has 0 spiro atoms. The van der Waals surface area contributed by atoms with Crippen LogP contribution in [-0.2, 0) is 67.6 Å². The molecule has 1 aromatic carbocycles. The molecule has 50 heteroatoms. The van der Waals surface area contributed by atoms with Gasteiger partial charge in [-0.05, 0) is 168 Å². The quantitative estimate of drug-likeness (QED) is 0.0250. The van der Waals surface area contributed by atoms with E-state index in [1.807, 2.05) is 111 Å². The van der Waals surface area contributed by atoms with Crippen LogP contribution < -0.4 is 72.9 Å². The van der Waals surface area contributed by atoms with Gasteiger partial charge in [0, 0.05) is 195 Å². The number of aliphatic hydroxyl groups is 1. The first-order chi connectivity index (χ1) is 70.6. The highest BCUT2D eigenvalue weighted by Crippen LogP contribution is 2.39. The van der Waals surface area contributed by atoms with Gasteiger partial charge in [0.1, 0.15) is 40.7 Å². The molecule has 3 unspecified atom stereocenters. The molecule has 17 aromatic heterocycles. The van der Waals surface area contributed by atoms with Crippen molar-refractivity contribution >= 4 is 173 Å². The van der Waals surface area contributed by atoms with E-state index in [-0.39, 0.29) is 67.5 Å². The number of aryl methyl sites for hydroxylation is 7. The van der Waals surface area contributed by atoms with Crippen molar-refractivity contribution in [1.29, 1.82) is 0 Å². The SMILES string of the molecule is CC#Cc1c(C2CCCNC2)nc2c(-c3cnn(C)c3)cnn2c1N.CCC(=O)c1c(C2CCCNC2)nc2c(-c3cnn(C)c3)cnn2c1N.CNC(=O)Cc1c(C)nc2c(Br)cnn2c1N.Cc1nc2c(Br)cnn2c(N)c1CC(N)=O.Cc1nc2c(Br)cnn2c(N)c1CCC(N)=O.Cc1nc2c(Br)cnn2c(N)c1CCO.Cn1cc(-c2cnn3c(N)c(C(=O)Cc4ccccc4)c(C4CCCNC4)nc23)cn1. The second-order valence-corrected chi connectivity index (χ2v) is 38.7. The molecule has 18 aromatic rings. The number of hydrogen-bond acceptors (Lipinski definition) is 33. The Bertz CT molecular complexity index is 8010. The first kappa shape index (κ1) is 106. The lowest BCUT2D eigenvalue weighted by atomic mass is 9.90. The summed E-state index contributed by atoms with van der Waals surface area (Å²) in [7, 11) is 7.22. The Morgan fingerprint density at radius 1 is 0.422 bits per heavy atom. The van der Waals surface area contributed by atoms with Gasteiger partial charge in [-0.25, -0.2) is 34.9 Å². The van der Waals surface area contributed by atoms with E-state index < -0.39 is 5.91 Å². The zero-order valence-electron chi connectivity index (χ0n) is 82.5. The number of fused-ring (bicyclic) bond motifs is 7. The minimum atomic E-state index is -0.442. The van der Waals surface area contributed by atoms with Gasteiger partial charge in [0.05, 0.1) is 126 Å². The second-order valence-electron chi connectivity index (χ2n) is 35.3. The number of hydrogen-bond donors (Lipinski definition) is 14. The molecule has 23 N–H and O–H groups in total. The molecule has 0 bridgehead atoms. The smallest absolute Gasteiger partial charge is 0.224 e. The number of carbonyl (C=O) groups excluding carboxylic acids is 5. The van der Waals surface area contributed by atoms with E-state index in [0.717, 1.165) is 191 Å². The number of carbonyl (C=O) groups is 5. The van der Waals surface area contributed by atoms with Gasteiger partial charge in [-0.1, -0.05) is 43.2 Å². The zero-order valence-corrected chi connectivity index (χ0v) is 88.9. The minimum Gasteiger partial charge on any atom is -0.396 e. The summed E-state index contributed by atoms with van der Waals surface area (Å²) in [6.45, 7) is 16.6. The monoisotopic (exact) mass is 2250 g/mol. The van der Waals surface area contributed by atoms with Crippen molar-refractivity contribution < 1.29 is 29.1 Å². The highest BCUT2D eigenvalue weighted by molar-refractivity contribution is 9.11. The maximum absolute atomic E-state index is 13.4. The number of aliphatic hydroxyl groups excluding tert-OH is 1. The highest BCUT2D eigenvalue weighted by Gasteiger charge is 2.33. The van der Waals surface area contributed by atoms with Crippen LogP contribution in [0.3, 0.4) is 0 Å². The van der Waals surface area contributed by atoms with Crippen LogP contribution in [0.25, 0.3) is 72.9 Å². The number of nitrogens with zero attached hydrogens (tertiary/aromatic N) is 27. The second kappa shape index (κ2) is 46.9. The first-order valence-electron chi connectivity index (χ1n) is 47.2. The molecule has 0 radical (unpaired) electrons. The maximum Gasteiger partial charge on any atom is 0.224 e. The van der Waals surface area contributed by atoms with Crippen molar-refractivity contribution in [3.8, 4) is 45.2 Å². The number of Topliss-reactive ketones (excluding diaryl/α,β-unsaturated/α-hetero) is 2. The number of benzene rings is 1. The van der Waals surface area contributed by atoms with Crippen LogP contribution in [-0.4, -0.2) is 219 Å². The van der Waals surface area contributed by atoms with Crippen LogP contribution in [0.5, 0.6) is 0 Å². The van der Waals surface area contributed by atoms with E-state index in [1.165, 1.54) is 9.03 Å². The van der Waals surface area contributed by atoms with Crippen molar-refractivity contribution in [2.75, 3.05) is 93.1 Å². The lowest BCUT2D eigenvalue weighted by Gasteiger charge is -2.25. The van der Waals surface area contributed by atoms with Crippen LogP contribution >= 0.6 is 63.7 Å². The number of amides is 3. The highest BCUT2D eigenvalue weighted by atomic mass is 79.9. The summed E-state index contributed by atoms with van der Waals surface area (Å²) >= 11 is 13.4. The molecular weight excluding hydrogens is 2140 g/mol. The minimum absolute atomic E-state index is 0.0101. The number of nitrogen functional groups attached to an aromatic ring is 7. The van der Waals surface area contributed by atoms with Crippen LogP contribution in [0.4, 0.5) is 40.7 Å². The number of ketones is 2. The van der Waals surface area contributed by atoms with E-state index in [9.17, 15) is 24.0 Å². The molecular formula is C97H114Br4N40O6. The normalized spacial score (nSPS) is 14.4. The number of rotatable bonds is 20. The third-order valence-corrected chi connectivity index (χ3v) is 27.5. The number of nitrogens with one attached hydrogen (secondary N) is 4. The molecule has 3 saturated heterocycles. The number of primary amides is 2. The summed E-state index contributed by atoms with van der Waals surface area (Å²) < 4.78 is 19.3. The Morgan fingerprint density at radius 2 is 0.769 bits per heavy atom. The fourth-order valence-electron chi connectivity index (χ4n) is 17.8. The van der Waals surface area contributed by atoms with E-state index >= 15 is 0 Å². The molecule has 3 aliphatic heterocycles. The lowest BCUT2D eigenvalue weighted by molar-refractivity contribution is -0.120. The average molecular weight is 2260 g/mol. The molecule has 3 fully saturated rings.